The lowest BCUT2D eigenvalue weighted by Crippen LogP contribution is -1.98. The van der Waals surface area contributed by atoms with Gasteiger partial charge in [-0.25, -0.2) is 4.98 Å². The molecule has 0 saturated heterocycles. The second-order valence-electron chi connectivity index (χ2n) is 4.10. The molecule has 0 aromatic carbocycles. The molecule has 3 aromatic rings. The Kier molecular flexibility index (Phi) is 3.22. The SMILES string of the molecule is Cn1c(CO)nnc1SCc1cn2ccccc2n1. The first-order valence-electron chi connectivity index (χ1n) is 5.82. The Morgan fingerprint density at radius 1 is 1.32 bits per heavy atom. The molecule has 0 spiro atoms. The Labute approximate surface area is 114 Å². The highest BCUT2D eigenvalue weighted by Crippen LogP contribution is 2.20. The van der Waals surface area contributed by atoms with Crippen LogP contribution in [0.4, 0.5) is 0 Å². The molecule has 0 aliphatic heterocycles. The molecule has 0 radical (unpaired) electrons. The number of hydrogen-bond donors (Lipinski definition) is 1. The third-order valence-corrected chi connectivity index (χ3v) is 3.88. The van der Waals surface area contributed by atoms with E-state index in [1.165, 1.54) is 0 Å². The normalized spacial score (nSPS) is 11.3. The summed E-state index contributed by atoms with van der Waals surface area (Å²) in [5.74, 6) is 1.29. The van der Waals surface area contributed by atoms with Crippen molar-refractivity contribution in [3.63, 3.8) is 0 Å². The van der Waals surface area contributed by atoms with Crippen molar-refractivity contribution in [2.75, 3.05) is 0 Å². The van der Waals surface area contributed by atoms with Crippen LogP contribution in [0.2, 0.25) is 0 Å². The summed E-state index contributed by atoms with van der Waals surface area (Å²) in [4.78, 5) is 4.52. The molecule has 0 aliphatic carbocycles. The van der Waals surface area contributed by atoms with Crippen LogP contribution in [0.3, 0.4) is 0 Å². The molecule has 0 saturated carbocycles. The minimum absolute atomic E-state index is 0.0988. The smallest absolute Gasteiger partial charge is 0.191 e. The summed E-state index contributed by atoms with van der Waals surface area (Å²) in [6.07, 6.45) is 3.98. The Morgan fingerprint density at radius 2 is 2.21 bits per heavy atom. The second-order valence-corrected chi connectivity index (χ2v) is 5.05. The number of aliphatic hydroxyl groups is 1. The van der Waals surface area contributed by atoms with E-state index in [0.29, 0.717) is 5.82 Å². The van der Waals surface area contributed by atoms with Gasteiger partial charge in [-0.15, -0.1) is 10.2 Å². The van der Waals surface area contributed by atoms with Gasteiger partial charge in [0.15, 0.2) is 11.0 Å². The largest absolute Gasteiger partial charge is 0.388 e. The van der Waals surface area contributed by atoms with Gasteiger partial charge in [-0.05, 0) is 12.1 Å². The third kappa shape index (κ3) is 2.34. The number of imidazole rings is 1. The van der Waals surface area contributed by atoms with Crippen molar-refractivity contribution >= 4 is 17.4 Å². The van der Waals surface area contributed by atoms with Crippen molar-refractivity contribution in [1.82, 2.24) is 24.1 Å². The van der Waals surface area contributed by atoms with E-state index in [2.05, 4.69) is 15.2 Å². The Morgan fingerprint density at radius 3 is 2.95 bits per heavy atom. The topological polar surface area (TPSA) is 68.2 Å². The van der Waals surface area contributed by atoms with Gasteiger partial charge in [-0.3, -0.25) is 0 Å². The fourth-order valence-corrected chi connectivity index (χ4v) is 2.62. The molecule has 19 heavy (non-hydrogen) atoms. The van der Waals surface area contributed by atoms with Crippen LogP contribution in [0.1, 0.15) is 11.5 Å². The predicted molar refractivity (Wildman–Crippen MR) is 71.7 cm³/mol. The number of fused-ring (bicyclic) bond motifs is 1. The Bertz CT molecular complexity index is 672. The summed E-state index contributed by atoms with van der Waals surface area (Å²) >= 11 is 1.55. The highest BCUT2D eigenvalue weighted by atomic mass is 32.2. The van der Waals surface area contributed by atoms with Crippen LogP contribution in [0.25, 0.3) is 5.65 Å². The maximum absolute atomic E-state index is 9.06. The summed E-state index contributed by atoms with van der Waals surface area (Å²) in [6, 6.07) is 5.91. The van der Waals surface area contributed by atoms with Crippen LogP contribution in [-0.2, 0) is 19.4 Å². The van der Waals surface area contributed by atoms with E-state index in [1.54, 1.807) is 16.3 Å². The average molecular weight is 275 g/mol. The lowest BCUT2D eigenvalue weighted by atomic mass is 10.5. The molecule has 0 amide bonds. The van der Waals surface area contributed by atoms with Gasteiger partial charge < -0.3 is 14.1 Å². The lowest BCUT2D eigenvalue weighted by molar-refractivity contribution is 0.266. The molecule has 3 rings (SSSR count). The molecule has 0 fully saturated rings. The van der Waals surface area contributed by atoms with E-state index < -0.39 is 0 Å². The second kappa shape index (κ2) is 5.02. The predicted octanol–water partition coefficient (Wildman–Crippen LogP) is 1.25. The molecule has 0 aliphatic rings. The van der Waals surface area contributed by atoms with Gasteiger partial charge in [-0.1, -0.05) is 17.8 Å². The van der Waals surface area contributed by atoms with E-state index in [9.17, 15) is 0 Å². The van der Waals surface area contributed by atoms with Gasteiger partial charge >= 0.3 is 0 Å². The van der Waals surface area contributed by atoms with Crippen LogP contribution < -0.4 is 0 Å². The number of aliphatic hydroxyl groups excluding tert-OH is 1. The fraction of sp³-hybridized carbons (Fsp3) is 0.250. The number of pyridine rings is 1. The summed E-state index contributed by atoms with van der Waals surface area (Å²) in [5.41, 5.74) is 1.93. The summed E-state index contributed by atoms with van der Waals surface area (Å²) in [6.45, 7) is -0.0988. The van der Waals surface area contributed by atoms with Crippen molar-refractivity contribution in [2.24, 2.45) is 7.05 Å². The van der Waals surface area contributed by atoms with Crippen LogP contribution in [0.15, 0.2) is 35.7 Å². The average Bonchev–Trinajstić information content (AvgIpc) is 2.99. The molecule has 7 heteroatoms. The van der Waals surface area contributed by atoms with Crippen LogP contribution in [-0.4, -0.2) is 29.3 Å². The zero-order valence-corrected chi connectivity index (χ0v) is 11.2. The first kappa shape index (κ1) is 12.2. The number of thioether (sulfide) groups is 1. The van der Waals surface area contributed by atoms with E-state index in [-0.39, 0.29) is 6.61 Å². The number of hydrogen-bond acceptors (Lipinski definition) is 5. The molecule has 3 aromatic heterocycles. The summed E-state index contributed by atoms with van der Waals surface area (Å²) < 4.78 is 3.78. The van der Waals surface area contributed by atoms with Crippen LogP contribution in [0, 0.1) is 0 Å². The van der Waals surface area contributed by atoms with E-state index in [1.807, 2.05) is 42.0 Å². The standard InChI is InChI=1S/C12H13N5OS/c1-16-11(7-18)14-15-12(16)19-8-9-6-17-5-3-2-4-10(17)13-9/h2-6,18H,7-8H2,1H3. The van der Waals surface area contributed by atoms with Crippen molar-refractivity contribution < 1.29 is 5.11 Å². The molecule has 98 valence electrons. The quantitative estimate of drug-likeness (QED) is 0.726. The van der Waals surface area contributed by atoms with Gasteiger partial charge in [0.05, 0.1) is 5.69 Å². The van der Waals surface area contributed by atoms with Crippen LogP contribution >= 0.6 is 11.8 Å². The van der Waals surface area contributed by atoms with Gasteiger partial charge in [0.25, 0.3) is 0 Å². The highest BCUT2D eigenvalue weighted by Gasteiger charge is 2.09. The van der Waals surface area contributed by atoms with Crippen molar-refractivity contribution in [1.29, 1.82) is 0 Å². The highest BCUT2D eigenvalue weighted by molar-refractivity contribution is 7.98. The minimum Gasteiger partial charge on any atom is -0.388 e. The molecule has 0 bridgehead atoms. The Balaban J connectivity index is 1.76. The van der Waals surface area contributed by atoms with Gasteiger partial charge in [0.2, 0.25) is 0 Å². The van der Waals surface area contributed by atoms with Crippen LogP contribution in [0.5, 0.6) is 0 Å². The first-order valence-corrected chi connectivity index (χ1v) is 6.81. The van der Waals surface area contributed by atoms with Gasteiger partial charge in [-0.2, -0.15) is 0 Å². The molecule has 0 unspecified atom stereocenters. The molecule has 0 atom stereocenters. The number of rotatable bonds is 4. The molecule has 6 nitrogen and oxygen atoms in total. The van der Waals surface area contributed by atoms with Crippen molar-refractivity contribution in [2.45, 2.75) is 17.5 Å². The summed E-state index contributed by atoms with van der Waals surface area (Å²) in [7, 11) is 1.84. The molecular weight excluding hydrogens is 262 g/mol. The number of aromatic nitrogens is 5. The van der Waals surface area contributed by atoms with Gasteiger partial charge in [0.1, 0.15) is 12.3 Å². The molecule has 1 N–H and O–H groups in total. The van der Waals surface area contributed by atoms with E-state index >= 15 is 0 Å². The third-order valence-electron chi connectivity index (χ3n) is 2.83. The van der Waals surface area contributed by atoms with Crippen molar-refractivity contribution in [3.8, 4) is 0 Å². The maximum Gasteiger partial charge on any atom is 0.191 e. The molecular formula is C12H13N5OS. The fourth-order valence-electron chi connectivity index (χ4n) is 1.80. The lowest BCUT2D eigenvalue weighted by Gasteiger charge is -2.00. The molecule has 3 heterocycles. The minimum atomic E-state index is -0.0988. The summed E-state index contributed by atoms with van der Waals surface area (Å²) in [5, 5.41) is 17.8. The zero-order chi connectivity index (χ0) is 13.2. The van der Waals surface area contributed by atoms with E-state index in [4.69, 9.17) is 5.11 Å². The zero-order valence-electron chi connectivity index (χ0n) is 10.4. The Hall–Kier alpha value is -1.86. The van der Waals surface area contributed by atoms with E-state index in [0.717, 1.165) is 22.3 Å². The maximum atomic E-state index is 9.06. The van der Waals surface area contributed by atoms with Crippen molar-refractivity contribution in [3.05, 3.63) is 42.1 Å². The monoisotopic (exact) mass is 275 g/mol. The number of nitrogens with zero attached hydrogens (tertiary/aromatic N) is 5. The van der Waals surface area contributed by atoms with Gasteiger partial charge in [0, 0.05) is 25.2 Å². The first-order chi connectivity index (χ1) is 9.28.